The highest BCUT2D eigenvalue weighted by Crippen LogP contribution is 2.14. The van der Waals surface area contributed by atoms with E-state index in [-0.39, 0.29) is 0 Å². The van der Waals surface area contributed by atoms with Gasteiger partial charge in [0.1, 0.15) is 0 Å². The van der Waals surface area contributed by atoms with E-state index in [2.05, 4.69) is 71.9 Å². The summed E-state index contributed by atoms with van der Waals surface area (Å²) in [6.45, 7) is 13.3. The summed E-state index contributed by atoms with van der Waals surface area (Å²) in [5.74, 6) is 0. The van der Waals surface area contributed by atoms with Crippen molar-refractivity contribution in [3.05, 3.63) is 82.4 Å². The van der Waals surface area contributed by atoms with Gasteiger partial charge >= 0.3 is 0 Å². The molecule has 1 nitrogen and oxygen atoms in total. The number of hydrogen-bond donors (Lipinski definition) is 0. The Kier molecular flexibility index (Phi) is 12.9. The van der Waals surface area contributed by atoms with Gasteiger partial charge in [0.25, 0.3) is 0 Å². The molecule has 0 N–H and O–H groups in total. The second-order valence-electron chi connectivity index (χ2n) is 8.61. The third-order valence-electron chi connectivity index (χ3n) is 5.09. The van der Waals surface area contributed by atoms with Crippen molar-refractivity contribution in [1.82, 2.24) is 0 Å². The molecule has 160 valence electrons. The summed E-state index contributed by atoms with van der Waals surface area (Å²) in [5, 5.41) is 0. The molecular weight excluding hydrogens is 352 g/mol. The van der Waals surface area contributed by atoms with Crippen molar-refractivity contribution < 1.29 is 4.42 Å². The van der Waals surface area contributed by atoms with Gasteiger partial charge in [-0.2, -0.15) is 0 Å². The first-order chi connectivity index (χ1) is 13.9. The highest BCUT2D eigenvalue weighted by molar-refractivity contribution is 5.19. The molecule has 0 saturated heterocycles. The lowest BCUT2D eigenvalue weighted by atomic mass is 10.0. The number of furan rings is 1. The van der Waals surface area contributed by atoms with Crippen LogP contribution in [0, 0.1) is 0 Å². The first-order valence-electron chi connectivity index (χ1n) is 11.2. The van der Waals surface area contributed by atoms with E-state index in [4.69, 9.17) is 4.42 Å². The standard InChI is InChI=1S/C28H42O/c1-23(2)21-27(6)17-9-15-25(4)13-7-11-24(3)12-8-14-26(5)16-10-18-28-19-20-29-22-28/h12-13,16-17,19-22H,7-11,14-15,18H2,1-6H3. The fourth-order valence-electron chi connectivity index (χ4n) is 3.36. The maximum atomic E-state index is 5.11. The summed E-state index contributed by atoms with van der Waals surface area (Å²) in [7, 11) is 0. The van der Waals surface area contributed by atoms with Crippen molar-refractivity contribution in [3.8, 4) is 0 Å². The van der Waals surface area contributed by atoms with E-state index in [1.54, 1.807) is 6.26 Å². The number of rotatable bonds is 13. The Bertz CT molecular complexity index is 716. The molecule has 0 fully saturated rings. The van der Waals surface area contributed by atoms with Crippen LogP contribution < -0.4 is 0 Å². The average molecular weight is 395 g/mol. The Morgan fingerprint density at radius 1 is 0.724 bits per heavy atom. The second kappa shape index (κ2) is 14.9. The topological polar surface area (TPSA) is 13.1 Å². The highest BCUT2D eigenvalue weighted by atomic mass is 16.3. The minimum Gasteiger partial charge on any atom is -0.472 e. The van der Waals surface area contributed by atoms with E-state index in [0.717, 1.165) is 38.5 Å². The maximum absolute atomic E-state index is 5.11. The van der Waals surface area contributed by atoms with Crippen LogP contribution in [0.5, 0.6) is 0 Å². The maximum Gasteiger partial charge on any atom is 0.0934 e. The molecule has 0 aliphatic carbocycles. The van der Waals surface area contributed by atoms with Gasteiger partial charge in [-0.15, -0.1) is 0 Å². The van der Waals surface area contributed by atoms with Crippen LogP contribution in [0.15, 0.2) is 81.3 Å². The molecule has 1 rings (SSSR count). The van der Waals surface area contributed by atoms with Gasteiger partial charge in [0.15, 0.2) is 0 Å². The quantitative estimate of drug-likeness (QED) is 0.240. The van der Waals surface area contributed by atoms with Crippen molar-refractivity contribution in [2.45, 2.75) is 92.9 Å². The molecule has 1 aromatic heterocycles. The smallest absolute Gasteiger partial charge is 0.0934 e. The third-order valence-corrected chi connectivity index (χ3v) is 5.09. The molecule has 1 aromatic rings. The minimum atomic E-state index is 1.07. The number of aryl methyl sites for hydroxylation is 1. The van der Waals surface area contributed by atoms with Crippen LogP contribution in [-0.2, 0) is 6.42 Å². The van der Waals surface area contributed by atoms with Crippen LogP contribution >= 0.6 is 0 Å². The van der Waals surface area contributed by atoms with Crippen molar-refractivity contribution >= 4 is 0 Å². The second-order valence-corrected chi connectivity index (χ2v) is 8.61. The molecule has 1 heterocycles. The van der Waals surface area contributed by atoms with E-state index in [1.165, 1.54) is 46.3 Å². The molecule has 0 aliphatic rings. The molecule has 0 bridgehead atoms. The predicted molar refractivity (Wildman–Crippen MR) is 129 cm³/mol. The molecule has 0 amide bonds. The first kappa shape index (κ1) is 25.0. The Hall–Kier alpha value is -2.02. The summed E-state index contributed by atoms with van der Waals surface area (Å²) in [6, 6.07) is 2.05. The van der Waals surface area contributed by atoms with Gasteiger partial charge in [-0.25, -0.2) is 0 Å². The van der Waals surface area contributed by atoms with Crippen LogP contribution in [0.2, 0.25) is 0 Å². The molecule has 1 heteroatoms. The van der Waals surface area contributed by atoms with Crippen LogP contribution in [0.4, 0.5) is 0 Å². The van der Waals surface area contributed by atoms with E-state index < -0.39 is 0 Å². The Labute approximate surface area is 180 Å². The molecule has 0 unspecified atom stereocenters. The van der Waals surface area contributed by atoms with Gasteiger partial charge in [-0.1, -0.05) is 58.2 Å². The SMILES string of the molecule is CC(C)=CC(C)=CCCC(C)=CCCC(C)=CCCC(C)=CCCc1ccoc1. The number of hydrogen-bond acceptors (Lipinski definition) is 1. The first-order valence-corrected chi connectivity index (χ1v) is 11.2. The summed E-state index contributed by atoms with van der Waals surface area (Å²) < 4.78 is 5.11. The van der Waals surface area contributed by atoms with Gasteiger partial charge in [-0.05, 0) is 105 Å². The van der Waals surface area contributed by atoms with Gasteiger partial charge in [0, 0.05) is 0 Å². The summed E-state index contributed by atoms with van der Waals surface area (Å²) in [6.07, 6.45) is 24.5. The normalized spacial score (nSPS) is 13.7. The predicted octanol–water partition coefficient (Wildman–Crippen LogP) is 9.30. The largest absolute Gasteiger partial charge is 0.472 e. The lowest BCUT2D eigenvalue weighted by molar-refractivity contribution is 0.564. The summed E-state index contributed by atoms with van der Waals surface area (Å²) >= 11 is 0. The lowest BCUT2D eigenvalue weighted by Crippen LogP contribution is -1.83. The molecule has 0 atom stereocenters. The monoisotopic (exact) mass is 394 g/mol. The lowest BCUT2D eigenvalue weighted by Gasteiger charge is -2.03. The molecule has 0 spiro atoms. The van der Waals surface area contributed by atoms with E-state index in [9.17, 15) is 0 Å². The Morgan fingerprint density at radius 3 is 1.72 bits per heavy atom. The van der Waals surface area contributed by atoms with Crippen LogP contribution in [0.1, 0.15) is 92.1 Å². The highest BCUT2D eigenvalue weighted by Gasteiger charge is 1.95. The van der Waals surface area contributed by atoms with Crippen LogP contribution in [0.3, 0.4) is 0 Å². The molecular formula is C28H42O. The zero-order valence-corrected chi connectivity index (χ0v) is 19.7. The summed E-state index contributed by atoms with van der Waals surface area (Å²) in [4.78, 5) is 0. The van der Waals surface area contributed by atoms with Crippen LogP contribution in [0.25, 0.3) is 0 Å². The average Bonchev–Trinajstić information content (AvgIpc) is 3.14. The Morgan fingerprint density at radius 2 is 1.24 bits per heavy atom. The van der Waals surface area contributed by atoms with E-state index in [0.29, 0.717) is 0 Å². The van der Waals surface area contributed by atoms with E-state index in [1.807, 2.05) is 12.3 Å². The minimum absolute atomic E-state index is 1.07. The molecule has 0 aliphatic heterocycles. The Balaban J connectivity index is 2.22. The van der Waals surface area contributed by atoms with Gasteiger partial charge in [0.2, 0.25) is 0 Å². The number of allylic oxidation sites excluding steroid dienone is 10. The van der Waals surface area contributed by atoms with Gasteiger partial charge in [0.05, 0.1) is 12.5 Å². The van der Waals surface area contributed by atoms with Crippen molar-refractivity contribution in [2.24, 2.45) is 0 Å². The van der Waals surface area contributed by atoms with Crippen molar-refractivity contribution in [1.29, 1.82) is 0 Å². The van der Waals surface area contributed by atoms with Crippen LogP contribution in [-0.4, -0.2) is 0 Å². The third kappa shape index (κ3) is 13.7. The molecule has 29 heavy (non-hydrogen) atoms. The van der Waals surface area contributed by atoms with Crippen molar-refractivity contribution in [3.63, 3.8) is 0 Å². The molecule has 0 aromatic carbocycles. The van der Waals surface area contributed by atoms with Gasteiger partial charge < -0.3 is 4.42 Å². The molecule has 0 saturated carbocycles. The van der Waals surface area contributed by atoms with Gasteiger partial charge in [-0.3, -0.25) is 0 Å². The van der Waals surface area contributed by atoms with E-state index >= 15 is 0 Å². The molecule has 0 radical (unpaired) electrons. The van der Waals surface area contributed by atoms with Crippen molar-refractivity contribution in [2.75, 3.05) is 0 Å². The fraction of sp³-hybridized carbons (Fsp3) is 0.500. The zero-order chi connectivity index (χ0) is 21.5. The zero-order valence-electron chi connectivity index (χ0n) is 19.7. The fourth-order valence-corrected chi connectivity index (χ4v) is 3.36. The summed E-state index contributed by atoms with van der Waals surface area (Å²) in [5.41, 5.74) is 8.54.